The molecule has 2 aromatic carbocycles. The highest BCUT2D eigenvalue weighted by atomic mass is 19.1. The van der Waals surface area contributed by atoms with Crippen LogP contribution in [0, 0.1) is 11.6 Å². The summed E-state index contributed by atoms with van der Waals surface area (Å²) in [6.07, 6.45) is 3.23. The highest BCUT2D eigenvalue weighted by Gasteiger charge is 2.20. The van der Waals surface area contributed by atoms with Crippen LogP contribution in [0.5, 0.6) is 0 Å². The fourth-order valence-corrected chi connectivity index (χ4v) is 3.84. The summed E-state index contributed by atoms with van der Waals surface area (Å²) in [7, 11) is 1.79. The lowest BCUT2D eigenvalue weighted by atomic mass is 10.2. The molecule has 7 nitrogen and oxygen atoms in total. The van der Waals surface area contributed by atoms with Gasteiger partial charge in [-0.2, -0.15) is 5.10 Å². The molecule has 5 rings (SSSR count). The Labute approximate surface area is 177 Å². The molecule has 0 fully saturated rings. The molecule has 2 aromatic heterocycles. The Hall–Kier alpha value is -3.59. The van der Waals surface area contributed by atoms with E-state index in [4.69, 9.17) is 9.82 Å². The van der Waals surface area contributed by atoms with Gasteiger partial charge in [-0.25, -0.2) is 33.3 Å². The number of nitrogens with zero attached hydrogens (tertiary/aromatic N) is 6. The fourth-order valence-electron chi connectivity index (χ4n) is 3.84. The summed E-state index contributed by atoms with van der Waals surface area (Å²) in [5.41, 5.74) is 3.50. The number of halogens is 2. The van der Waals surface area contributed by atoms with Gasteiger partial charge in [0.2, 0.25) is 6.23 Å². The maximum atomic E-state index is 14.3. The van der Waals surface area contributed by atoms with E-state index in [1.165, 1.54) is 4.68 Å². The third-order valence-electron chi connectivity index (χ3n) is 5.28. The van der Waals surface area contributed by atoms with E-state index in [0.717, 1.165) is 40.6 Å². The van der Waals surface area contributed by atoms with E-state index in [9.17, 15) is 8.78 Å². The van der Waals surface area contributed by atoms with Crippen LogP contribution in [-0.2, 0) is 17.8 Å². The molecule has 31 heavy (non-hydrogen) atoms. The topological polar surface area (TPSA) is 60.5 Å². The maximum absolute atomic E-state index is 14.3. The van der Waals surface area contributed by atoms with Crippen molar-refractivity contribution in [3.05, 3.63) is 77.4 Å². The van der Waals surface area contributed by atoms with Crippen molar-refractivity contribution in [1.82, 2.24) is 24.4 Å². The van der Waals surface area contributed by atoms with Gasteiger partial charge in [0, 0.05) is 37.8 Å². The van der Waals surface area contributed by atoms with Crippen LogP contribution < -0.4 is 0 Å². The van der Waals surface area contributed by atoms with Crippen LogP contribution in [0.15, 0.2) is 53.7 Å². The zero-order valence-electron chi connectivity index (χ0n) is 17.0. The number of aromatic nitrogens is 4. The first-order chi connectivity index (χ1) is 15.0. The average Bonchev–Trinajstić information content (AvgIpc) is 3.47. The van der Waals surface area contributed by atoms with E-state index in [1.54, 1.807) is 30.7 Å². The Kier molecular flexibility index (Phi) is 4.74. The minimum Gasteiger partial charge on any atom is -0.328 e. The van der Waals surface area contributed by atoms with Crippen LogP contribution in [0.3, 0.4) is 0 Å². The van der Waals surface area contributed by atoms with Crippen molar-refractivity contribution in [2.24, 2.45) is 4.99 Å². The van der Waals surface area contributed by atoms with Crippen molar-refractivity contribution in [3.63, 3.8) is 0 Å². The number of aryl methyl sites for hydroxylation is 1. The molecule has 1 aliphatic heterocycles. The summed E-state index contributed by atoms with van der Waals surface area (Å²) in [4.78, 5) is 14.8. The molecule has 1 aliphatic rings. The molecule has 1 atom stereocenters. The van der Waals surface area contributed by atoms with Crippen molar-refractivity contribution < 1.29 is 13.6 Å². The molecule has 9 heteroatoms. The van der Waals surface area contributed by atoms with Crippen molar-refractivity contribution in [1.29, 1.82) is 0 Å². The maximum Gasteiger partial charge on any atom is 0.202 e. The van der Waals surface area contributed by atoms with Gasteiger partial charge in [0.15, 0.2) is 0 Å². The van der Waals surface area contributed by atoms with Crippen LogP contribution in [0.4, 0.5) is 8.78 Å². The number of hydrogen-bond donors (Lipinski definition) is 0. The first-order valence-corrected chi connectivity index (χ1v) is 9.94. The van der Waals surface area contributed by atoms with Crippen LogP contribution >= 0.6 is 0 Å². The first-order valence-electron chi connectivity index (χ1n) is 9.94. The molecule has 0 aliphatic carbocycles. The molecule has 0 bridgehead atoms. The molecule has 0 saturated carbocycles. The van der Waals surface area contributed by atoms with Gasteiger partial charge < -0.3 is 4.57 Å². The molecule has 0 saturated heterocycles. The molecule has 0 amide bonds. The van der Waals surface area contributed by atoms with Crippen molar-refractivity contribution >= 4 is 17.4 Å². The molecule has 3 heterocycles. The van der Waals surface area contributed by atoms with Gasteiger partial charge in [0.25, 0.3) is 0 Å². The fraction of sp³-hybridized carbons (Fsp3) is 0.227. The first kappa shape index (κ1) is 19.4. The van der Waals surface area contributed by atoms with Gasteiger partial charge in [-0.1, -0.05) is 6.07 Å². The molecule has 1 unspecified atom stereocenters. The summed E-state index contributed by atoms with van der Waals surface area (Å²) in [6, 6.07) is 11.1. The Morgan fingerprint density at radius 1 is 1.10 bits per heavy atom. The van der Waals surface area contributed by atoms with Gasteiger partial charge in [-0.3, -0.25) is 0 Å². The Balaban J connectivity index is 1.52. The summed E-state index contributed by atoms with van der Waals surface area (Å²) in [5.74, 6) is -0.253. The predicted octanol–water partition coefficient (Wildman–Crippen LogP) is 4.01. The lowest BCUT2D eigenvalue weighted by Gasteiger charge is -2.11. The van der Waals surface area contributed by atoms with Gasteiger partial charge in [-0.05, 0) is 37.3 Å². The Morgan fingerprint density at radius 2 is 1.97 bits per heavy atom. The van der Waals surface area contributed by atoms with E-state index in [2.05, 4.69) is 14.7 Å². The zero-order valence-corrected chi connectivity index (χ0v) is 17.0. The largest absolute Gasteiger partial charge is 0.328 e. The van der Waals surface area contributed by atoms with E-state index in [0.29, 0.717) is 18.7 Å². The highest BCUT2D eigenvalue weighted by Crippen LogP contribution is 2.28. The number of imidazole rings is 1. The van der Waals surface area contributed by atoms with E-state index in [-0.39, 0.29) is 11.9 Å². The highest BCUT2D eigenvalue weighted by molar-refractivity contribution is 5.77. The Morgan fingerprint density at radius 3 is 2.74 bits per heavy atom. The van der Waals surface area contributed by atoms with E-state index < -0.39 is 11.6 Å². The second-order valence-electron chi connectivity index (χ2n) is 7.30. The molecule has 0 N–H and O–H groups in total. The summed E-state index contributed by atoms with van der Waals surface area (Å²) in [6.45, 7) is 2.76. The quantitative estimate of drug-likeness (QED) is 0.488. The van der Waals surface area contributed by atoms with E-state index in [1.807, 2.05) is 25.1 Å². The van der Waals surface area contributed by atoms with Gasteiger partial charge >= 0.3 is 0 Å². The van der Waals surface area contributed by atoms with Crippen LogP contribution in [0.25, 0.3) is 16.7 Å². The lowest BCUT2D eigenvalue weighted by molar-refractivity contribution is -0.103. The number of hydrogen-bond acceptors (Lipinski definition) is 5. The zero-order chi connectivity index (χ0) is 21.5. The second kappa shape index (κ2) is 7.59. The summed E-state index contributed by atoms with van der Waals surface area (Å²) in [5, 5.41) is 5.77. The van der Waals surface area contributed by atoms with Crippen molar-refractivity contribution in [2.75, 3.05) is 7.05 Å². The standard InChI is InChI=1S/C22H20F2N6O/c1-3-29-19-7-4-14(22-25-13-28(2)31-22)10-18(19)27-21(29)12-16-8-9-26-30(16)20-11-15(23)5-6-17(20)24/h4-11,13,22H,3,12H2,1-2H3. The summed E-state index contributed by atoms with van der Waals surface area (Å²) >= 11 is 0. The minimum atomic E-state index is -0.540. The number of benzene rings is 2. The number of rotatable bonds is 5. The molecule has 0 radical (unpaired) electrons. The van der Waals surface area contributed by atoms with Crippen molar-refractivity contribution in [3.8, 4) is 5.69 Å². The van der Waals surface area contributed by atoms with Gasteiger partial charge in [-0.15, -0.1) is 0 Å². The monoisotopic (exact) mass is 422 g/mol. The molecular formula is C22H20F2N6O. The minimum absolute atomic E-state index is 0.0711. The number of aliphatic imine (C=N–C) groups is 1. The molecular weight excluding hydrogens is 402 g/mol. The lowest BCUT2D eigenvalue weighted by Crippen LogP contribution is -2.11. The van der Waals surface area contributed by atoms with Gasteiger partial charge in [0.05, 0.1) is 16.7 Å². The average molecular weight is 422 g/mol. The molecule has 158 valence electrons. The second-order valence-corrected chi connectivity index (χ2v) is 7.30. The molecule has 0 spiro atoms. The van der Waals surface area contributed by atoms with Crippen LogP contribution in [0.1, 0.15) is 30.2 Å². The third-order valence-corrected chi connectivity index (χ3v) is 5.28. The van der Waals surface area contributed by atoms with Gasteiger partial charge in [0.1, 0.15) is 29.5 Å². The SMILES string of the molecule is CCn1c(Cc2ccnn2-c2cc(F)ccc2F)nc2cc(C3N=CN(C)O3)ccc21. The number of hydroxylamine groups is 2. The third kappa shape index (κ3) is 3.46. The summed E-state index contributed by atoms with van der Waals surface area (Å²) < 4.78 is 31.5. The smallest absolute Gasteiger partial charge is 0.202 e. The molecule has 4 aromatic rings. The van der Waals surface area contributed by atoms with Crippen LogP contribution in [0.2, 0.25) is 0 Å². The predicted molar refractivity (Wildman–Crippen MR) is 112 cm³/mol. The van der Waals surface area contributed by atoms with E-state index >= 15 is 0 Å². The normalized spacial score (nSPS) is 16.0. The van der Waals surface area contributed by atoms with Crippen molar-refractivity contribution in [2.45, 2.75) is 26.1 Å². The number of fused-ring (bicyclic) bond motifs is 1. The Bertz CT molecular complexity index is 1290. The van der Waals surface area contributed by atoms with Crippen LogP contribution in [-0.4, -0.2) is 37.8 Å².